The molecule has 0 fully saturated rings. The highest BCUT2D eigenvalue weighted by Crippen LogP contribution is 2.67. The molecule has 2 aliphatic heterocycles. The van der Waals surface area contributed by atoms with Crippen LogP contribution < -0.4 is 14.4 Å². The van der Waals surface area contributed by atoms with E-state index in [-0.39, 0.29) is 0 Å². The monoisotopic (exact) mass is 994 g/mol. The van der Waals surface area contributed by atoms with E-state index in [4.69, 9.17) is 9.47 Å². The van der Waals surface area contributed by atoms with Crippen molar-refractivity contribution in [3.8, 4) is 62.1 Å². The molecule has 78 heavy (non-hydrogen) atoms. The first-order valence-corrected chi connectivity index (χ1v) is 26.9. The highest BCUT2D eigenvalue weighted by atomic mass is 16.5. The summed E-state index contributed by atoms with van der Waals surface area (Å²) >= 11 is 0. The molecule has 364 valence electrons. The lowest BCUT2D eigenvalue weighted by Crippen LogP contribution is -2.32. The highest BCUT2D eigenvalue weighted by molar-refractivity contribution is 6.10. The summed E-state index contributed by atoms with van der Waals surface area (Å²) in [4.78, 5) is 2.57. The van der Waals surface area contributed by atoms with Gasteiger partial charge in [0.2, 0.25) is 0 Å². The van der Waals surface area contributed by atoms with Crippen LogP contribution in [0.25, 0.3) is 60.9 Å². The minimum atomic E-state index is -0.654. The second-order valence-corrected chi connectivity index (χ2v) is 21.0. The number of fused-ring (bicyclic) bond motifs is 21. The number of rotatable bonds is 5. The van der Waals surface area contributed by atoms with E-state index in [1.165, 1.54) is 66.3 Å². The number of aromatic nitrogens is 1. The fraction of sp³-hybridized carbons (Fsp3) is 0.0270. The Morgan fingerprint density at radius 3 is 1.27 bits per heavy atom. The molecule has 0 atom stereocenters. The first-order chi connectivity index (χ1) is 38.7. The predicted octanol–water partition coefficient (Wildman–Crippen LogP) is 18.9. The van der Waals surface area contributed by atoms with Crippen LogP contribution in [0.15, 0.2) is 279 Å². The molecule has 0 bridgehead atoms. The second-order valence-electron chi connectivity index (χ2n) is 21.0. The highest BCUT2D eigenvalue weighted by Gasteiger charge is 2.54. The fourth-order valence-corrected chi connectivity index (χ4v) is 14.4. The summed E-state index contributed by atoms with van der Waals surface area (Å²) in [5.41, 5.74) is 21.9. The van der Waals surface area contributed by atoms with Crippen molar-refractivity contribution in [3.05, 3.63) is 324 Å². The van der Waals surface area contributed by atoms with E-state index in [1.54, 1.807) is 0 Å². The van der Waals surface area contributed by atoms with Crippen molar-refractivity contribution in [3.63, 3.8) is 0 Å². The maximum absolute atomic E-state index is 6.81. The molecule has 1 aromatic heterocycles. The lowest BCUT2D eigenvalue weighted by molar-refractivity contribution is 0.436. The minimum Gasteiger partial charge on any atom is -0.457 e. The van der Waals surface area contributed by atoms with Crippen LogP contribution in [0, 0.1) is 0 Å². The lowest BCUT2D eigenvalue weighted by atomic mass is 9.66. The summed E-state index contributed by atoms with van der Waals surface area (Å²) in [6.07, 6.45) is 0. The van der Waals surface area contributed by atoms with Gasteiger partial charge in [-0.3, -0.25) is 0 Å². The van der Waals surface area contributed by atoms with Crippen LogP contribution in [0.1, 0.15) is 44.5 Å². The summed E-state index contributed by atoms with van der Waals surface area (Å²) in [7, 11) is 0. The zero-order valence-electron chi connectivity index (χ0n) is 42.3. The number of hydrogen-bond donors (Lipinski definition) is 0. The van der Waals surface area contributed by atoms with E-state index in [9.17, 15) is 0 Å². The molecule has 0 N–H and O–H groups in total. The maximum atomic E-state index is 6.81. The van der Waals surface area contributed by atoms with Crippen LogP contribution in [-0.2, 0) is 10.8 Å². The van der Waals surface area contributed by atoms with Gasteiger partial charge in [0, 0.05) is 55.5 Å². The molecule has 4 heteroatoms. The molecule has 4 nitrogen and oxygen atoms in total. The lowest BCUT2D eigenvalue weighted by Gasteiger charge is -2.40. The largest absolute Gasteiger partial charge is 0.457 e. The quantitative estimate of drug-likeness (QED) is 0.172. The summed E-state index contributed by atoms with van der Waals surface area (Å²) in [6, 6.07) is 102. The number of ether oxygens (including phenoxy) is 2. The first kappa shape index (κ1) is 43.1. The average molecular weight is 995 g/mol. The summed E-state index contributed by atoms with van der Waals surface area (Å²) in [6.45, 7) is 0. The van der Waals surface area contributed by atoms with Crippen molar-refractivity contribution in [2.45, 2.75) is 10.8 Å². The molecule has 0 amide bonds. The van der Waals surface area contributed by atoms with E-state index in [1.807, 2.05) is 0 Å². The Kier molecular flexibility index (Phi) is 8.94. The third-order valence-electron chi connectivity index (χ3n) is 17.3. The van der Waals surface area contributed by atoms with Crippen molar-refractivity contribution in [2.24, 2.45) is 0 Å². The molecular formula is C74H46N2O2. The van der Waals surface area contributed by atoms with Crippen molar-refractivity contribution in [1.29, 1.82) is 0 Å². The third-order valence-corrected chi connectivity index (χ3v) is 17.3. The zero-order chi connectivity index (χ0) is 51.1. The van der Waals surface area contributed by atoms with Gasteiger partial charge in [0.15, 0.2) is 0 Å². The van der Waals surface area contributed by atoms with E-state index < -0.39 is 10.8 Å². The van der Waals surface area contributed by atoms with E-state index in [2.05, 4.69) is 289 Å². The van der Waals surface area contributed by atoms with Crippen molar-refractivity contribution in [1.82, 2.24) is 4.57 Å². The predicted molar refractivity (Wildman–Crippen MR) is 316 cm³/mol. The number of nitrogens with zero attached hydrogens (tertiary/aromatic N) is 2. The maximum Gasteiger partial charge on any atom is 0.132 e. The van der Waals surface area contributed by atoms with Crippen molar-refractivity contribution in [2.75, 3.05) is 4.90 Å². The molecule has 0 saturated carbocycles. The van der Waals surface area contributed by atoms with Gasteiger partial charge in [0.1, 0.15) is 23.0 Å². The molecule has 0 radical (unpaired) electrons. The van der Waals surface area contributed by atoms with Gasteiger partial charge in [0.25, 0.3) is 0 Å². The molecule has 17 rings (SSSR count). The Morgan fingerprint density at radius 2 is 0.718 bits per heavy atom. The third kappa shape index (κ3) is 5.62. The van der Waals surface area contributed by atoms with Crippen LogP contribution in [-0.4, -0.2) is 4.57 Å². The van der Waals surface area contributed by atoms with Gasteiger partial charge < -0.3 is 18.9 Å². The van der Waals surface area contributed by atoms with E-state index in [0.717, 1.165) is 79.1 Å². The van der Waals surface area contributed by atoms with Crippen LogP contribution in [0.3, 0.4) is 0 Å². The number of anilines is 3. The summed E-state index contributed by atoms with van der Waals surface area (Å²) in [5, 5.41) is 2.46. The number of hydrogen-bond acceptors (Lipinski definition) is 3. The smallest absolute Gasteiger partial charge is 0.132 e. The zero-order valence-corrected chi connectivity index (χ0v) is 42.3. The molecule has 3 heterocycles. The summed E-state index contributed by atoms with van der Waals surface area (Å²) < 4.78 is 16.0. The van der Waals surface area contributed by atoms with Crippen molar-refractivity contribution >= 4 is 38.9 Å². The Labute approximate surface area is 451 Å². The van der Waals surface area contributed by atoms with Crippen LogP contribution in [0.4, 0.5) is 17.1 Å². The topological polar surface area (TPSA) is 26.6 Å². The molecule has 2 spiro atoms. The molecule has 0 saturated heterocycles. The SMILES string of the molecule is c1ccc(-n2c3ccccc3c3ccc(-c4cccc(N(c5cccc6c5-c5ccccc5C65c6ccccc6Oc6ccccc65)c5cccc6c5-c5ccccc5C65c6ccccc6Oc6ccccc65)c4)cc32)cc1. The van der Waals surface area contributed by atoms with Crippen LogP contribution in [0.2, 0.25) is 0 Å². The molecule has 0 unspecified atom stereocenters. The fourth-order valence-electron chi connectivity index (χ4n) is 14.4. The van der Waals surface area contributed by atoms with Crippen molar-refractivity contribution < 1.29 is 9.47 Å². The van der Waals surface area contributed by atoms with Gasteiger partial charge in [-0.25, -0.2) is 0 Å². The first-order valence-electron chi connectivity index (χ1n) is 26.9. The second kappa shape index (κ2) is 16.2. The van der Waals surface area contributed by atoms with Gasteiger partial charge >= 0.3 is 0 Å². The van der Waals surface area contributed by atoms with Crippen LogP contribution in [0.5, 0.6) is 23.0 Å². The van der Waals surface area contributed by atoms with Gasteiger partial charge in [-0.05, 0) is 117 Å². The molecule has 12 aromatic carbocycles. The van der Waals surface area contributed by atoms with Gasteiger partial charge in [-0.2, -0.15) is 0 Å². The normalized spacial score (nSPS) is 14.1. The Balaban J connectivity index is 0.963. The molecule has 2 aliphatic carbocycles. The molecular weight excluding hydrogens is 949 g/mol. The van der Waals surface area contributed by atoms with E-state index >= 15 is 0 Å². The van der Waals surface area contributed by atoms with Gasteiger partial charge in [-0.15, -0.1) is 0 Å². The Morgan fingerprint density at radius 1 is 0.295 bits per heavy atom. The molecule has 13 aromatic rings. The van der Waals surface area contributed by atoms with Crippen LogP contribution >= 0.6 is 0 Å². The van der Waals surface area contributed by atoms with Gasteiger partial charge in [-0.1, -0.05) is 206 Å². The number of benzene rings is 12. The van der Waals surface area contributed by atoms with E-state index in [0.29, 0.717) is 0 Å². The number of para-hydroxylation sites is 6. The van der Waals surface area contributed by atoms with Gasteiger partial charge in [0.05, 0.1) is 33.2 Å². The minimum absolute atomic E-state index is 0.654. The average Bonchev–Trinajstić information content (AvgIpc) is 3.88. The Hall–Kier alpha value is -10.2. The molecule has 4 aliphatic rings. The standard InChI is InChI=1S/C74H46N2O2/c1-2-22-49(23-3-1)75-63-36-13-6-25-51(63)52-44-43-48(46-66(52)75)47-21-18-24-50(45-47)76(64-37-19-34-61-71(64)53-26-4-7-28-55(53)73(61)57-30-9-14-39-67(57)77-68-40-15-10-31-58(68)73)65-38-20-35-62-72(65)54-27-5-8-29-56(54)74(62)59-32-11-16-41-69(59)78-70-42-17-12-33-60(70)74/h1-46H. The Bertz CT molecular complexity index is 4370. The summed E-state index contributed by atoms with van der Waals surface area (Å²) in [5.74, 6) is 3.49.